The van der Waals surface area contributed by atoms with Crippen LogP contribution in [0.1, 0.15) is 148 Å². The van der Waals surface area contributed by atoms with Gasteiger partial charge in [0.1, 0.15) is 0 Å². The molecule has 0 nitrogen and oxygen atoms in total. The molecule has 0 amide bonds. The Balaban J connectivity index is 2.97. The summed E-state index contributed by atoms with van der Waals surface area (Å²) in [5.41, 5.74) is 0. The number of rotatable bonds is 24. The molecule has 0 aliphatic rings. The molecule has 0 bridgehead atoms. The maximum atomic E-state index is 3.79. The van der Waals surface area contributed by atoms with Crippen molar-refractivity contribution >= 4 is 0 Å². The third kappa shape index (κ3) is 25.5. The second-order valence-corrected chi connectivity index (χ2v) is 8.58. The van der Waals surface area contributed by atoms with E-state index in [1.807, 2.05) is 0 Å². The lowest BCUT2D eigenvalue weighted by atomic mass is 10.0. The molecule has 0 aromatic rings. The summed E-state index contributed by atoms with van der Waals surface area (Å²) in [7, 11) is 0. The zero-order valence-electron chi connectivity index (χ0n) is 18.8. The van der Waals surface area contributed by atoms with Gasteiger partial charge < -0.3 is 0 Å². The van der Waals surface area contributed by atoms with Crippen LogP contribution in [0.5, 0.6) is 0 Å². The molecule has 27 heavy (non-hydrogen) atoms. The van der Waals surface area contributed by atoms with E-state index in [-0.39, 0.29) is 0 Å². The fourth-order valence-electron chi connectivity index (χ4n) is 3.94. The third-order valence-electron chi connectivity index (χ3n) is 5.82. The van der Waals surface area contributed by atoms with Gasteiger partial charge >= 0.3 is 0 Å². The van der Waals surface area contributed by atoms with Crippen LogP contribution in [-0.2, 0) is 0 Å². The molecular formula is C27H52. The highest BCUT2D eigenvalue weighted by atomic mass is 14.0. The Kier molecular flexibility index (Phi) is 25.0. The van der Waals surface area contributed by atoms with Crippen LogP contribution in [0.3, 0.4) is 0 Å². The topological polar surface area (TPSA) is 0 Å². The lowest BCUT2D eigenvalue weighted by Crippen LogP contribution is -1.84. The lowest BCUT2D eigenvalue weighted by Gasteiger charge is -2.04. The van der Waals surface area contributed by atoms with Crippen molar-refractivity contribution in [2.24, 2.45) is 0 Å². The van der Waals surface area contributed by atoms with E-state index in [4.69, 9.17) is 0 Å². The molecule has 0 unspecified atom stereocenters. The van der Waals surface area contributed by atoms with Gasteiger partial charge in [0.05, 0.1) is 0 Å². The monoisotopic (exact) mass is 376 g/mol. The van der Waals surface area contributed by atoms with Gasteiger partial charge in [0.25, 0.3) is 0 Å². The highest BCUT2D eigenvalue weighted by Crippen LogP contribution is 2.15. The number of hydrogen-bond donors (Lipinski definition) is 0. The van der Waals surface area contributed by atoms with E-state index in [1.54, 1.807) is 0 Å². The summed E-state index contributed by atoms with van der Waals surface area (Å²) >= 11 is 0. The quantitative estimate of drug-likeness (QED) is 0.116. The molecule has 0 aromatic carbocycles. The van der Waals surface area contributed by atoms with E-state index in [9.17, 15) is 0 Å². The van der Waals surface area contributed by atoms with Gasteiger partial charge in [-0.3, -0.25) is 0 Å². The molecule has 0 aliphatic heterocycles. The lowest BCUT2D eigenvalue weighted by molar-refractivity contribution is 0.520. The van der Waals surface area contributed by atoms with Crippen LogP contribution in [0.15, 0.2) is 25.3 Å². The number of hydrogen-bond acceptors (Lipinski definition) is 0. The van der Waals surface area contributed by atoms with Crippen LogP contribution in [-0.4, -0.2) is 0 Å². The Morgan fingerprint density at radius 2 is 0.407 bits per heavy atom. The standard InChI is InChI=1S/C27H52/c1-3-5-7-9-11-13-15-17-19-21-23-25-27-26-24-22-20-18-16-14-12-10-8-6-4-2/h3-4H,1-2,5-27H2. The fraction of sp³-hybridized carbons (Fsp3) is 0.852. The minimum Gasteiger partial charge on any atom is -0.103 e. The van der Waals surface area contributed by atoms with Gasteiger partial charge in [0.15, 0.2) is 0 Å². The molecule has 0 saturated heterocycles. The van der Waals surface area contributed by atoms with Crippen molar-refractivity contribution in [2.45, 2.75) is 148 Å². The molecule has 0 aromatic heterocycles. The van der Waals surface area contributed by atoms with Crippen LogP contribution in [0, 0.1) is 0 Å². The Labute approximate surface area is 173 Å². The molecule has 160 valence electrons. The first-order chi connectivity index (χ1) is 13.4. The summed E-state index contributed by atoms with van der Waals surface area (Å²) in [6, 6.07) is 0. The highest BCUT2D eigenvalue weighted by molar-refractivity contribution is 4.66. The largest absolute Gasteiger partial charge is 0.103 e. The summed E-state index contributed by atoms with van der Waals surface area (Å²) in [6.45, 7) is 7.57. The second-order valence-electron chi connectivity index (χ2n) is 8.58. The zero-order valence-corrected chi connectivity index (χ0v) is 18.8. The maximum absolute atomic E-state index is 3.79. The number of unbranched alkanes of at least 4 members (excludes halogenated alkanes) is 22. The first-order valence-electron chi connectivity index (χ1n) is 12.6. The molecule has 0 fully saturated rings. The molecule has 0 heteroatoms. The fourth-order valence-corrected chi connectivity index (χ4v) is 3.94. The molecule has 0 heterocycles. The summed E-state index contributed by atoms with van der Waals surface area (Å²) < 4.78 is 0. The van der Waals surface area contributed by atoms with Crippen molar-refractivity contribution in [1.29, 1.82) is 0 Å². The van der Waals surface area contributed by atoms with Crippen LogP contribution in [0.25, 0.3) is 0 Å². The Bertz CT molecular complexity index is 250. The van der Waals surface area contributed by atoms with E-state index in [2.05, 4.69) is 25.3 Å². The smallest absolute Gasteiger partial charge is 0.0353 e. The SMILES string of the molecule is C=CCCCCCCCCCCCCCCCCCCCCCCCC=C. The molecule has 0 rings (SSSR count). The average molecular weight is 377 g/mol. The van der Waals surface area contributed by atoms with Crippen LogP contribution >= 0.6 is 0 Å². The molecule has 0 radical (unpaired) electrons. The van der Waals surface area contributed by atoms with Gasteiger partial charge in [0, 0.05) is 0 Å². The molecule has 0 atom stereocenters. The van der Waals surface area contributed by atoms with Crippen LogP contribution in [0.2, 0.25) is 0 Å². The predicted octanol–water partition coefficient (Wildman–Crippen LogP) is 10.3. The summed E-state index contributed by atoms with van der Waals surface area (Å²) in [5, 5.41) is 0. The average Bonchev–Trinajstić information content (AvgIpc) is 2.68. The minimum absolute atomic E-state index is 1.21. The first-order valence-corrected chi connectivity index (χ1v) is 12.6. The molecule has 0 spiro atoms. The van der Waals surface area contributed by atoms with E-state index < -0.39 is 0 Å². The van der Waals surface area contributed by atoms with Gasteiger partial charge in [-0.25, -0.2) is 0 Å². The minimum atomic E-state index is 1.21. The van der Waals surface area contributed by atoms with Gasteiger partial charge in [0.2, 0.25) is 0 Å². The summed E-state index contributed by atoms with van der Waals surface area (Å²) in [4.78, 5) is 0. The van der Waals surface area contributed by atoms with Crippen molar-refractivity contribution in [1.82, 2.24) is 0 Å². The van der Waals surface area contributed by atoms with Crippen LogP contribution < -0.4 is 0 Å². The zero-order chi connectivity index (χ0) is 19.7. The van der Waals surface area contributed by atoms with Crippen molar-refractivity contribution in [2.75, 3.05) is 0 Å². The first kappa shape index (κ1) is 26.5. The second kappa shape index (κ2) is 25.5. The predicted molar refractivity (Wildman–Crippen MR) is 127 cm³/mol. The Hall–Kier alpha value is -0.520. The van der Waals surface area contributed by atoms with Gasteiger partial charge in [-0.1, -0.05) is 134 Å². The highest BCUT2D eigenvalue weighted by Gasteiger charge is 1.95. The third-order valence-corrected chi connectivity index (χ3v) is 5.82. The van der Waals surface area contributed by atoms with Crippen molar-refractivity contribution in [3.63, 3.8) is 0 Å². The Morgan fingerprint density at radius 3 is 0.556 bits per heavy atom. The van der Waals surface area contributed by atoms with Gasteiger partial charge in [-0.05, 0) is 25.7 Å². The Morgan fingerprint density at radius 1 is 0.259 bits per heavy atom. The van der Waals surface area contributed by atoms with Gasteiger partial charge in [-0.2, -0.15) is 0 Å². The van der Waals surface area contributed by atoms with E-state index in [0.29, 0.717) is 0 Å². The summed E-state index contributed by atoms with van der Waals surface area (Å²) in [6.07, 6.45) is 36.9. The molecule has 0 saturated carbocycles. The van der Waals surface area contributed by atoms with Gasteiger partial charge in [-0.15, -0.1) is 13.2 Å². The molecular weight excluding hydrogens is 324 g/mol. The number of allylic oxidation sites excluding steroid dienone is 2. The van der Waals surface area contributed by atoms with E-state index in [0.717, 1.165) is 0 Å². The van der Waals surface area contributed by atoms with Crippen LogP contribution in [0.4, 0.5) is 0 Å². The van der Waals surface area contributed by atoms with Crippen molar-refractivity contribution in [3.05, 3.63) is 25.3 Å². The van der Waals surface area contributed by atoms with Crippen molar-refractivity contribution in [3.8, 4) is 0 Å². The van der Waals surface area contributed by atoms with E-state index >= 15 is 0 Å². The normalized spacial score (nSPS) is 11.0. The molecule has 0 N–H and O–H groups in total. The molecule has 0 aliphatic carbocycles. The van der Waals surface area contributed by atoms with Crippen molar-refractivity contribution < 1.29 is 0 Å². The summed E-state index contributed by atoms with van der Waals surface area (Å²) in [5.74, 6) is 0. The maximum Gasteiger partial charge on any atom is -0.0353 e. The van der Waals surface area contributed by atoms with E-state index in [1.165, 1.54) is 148 Å².